The lowest BCUT2D eigenvalue weighted by molar-refractivity contribution is 0.318. The Morgan fingerprint density at radius 2 is 2.04 bits per heavy atom. The molecule has 0 spiro atoms. The van der Waals surface area contributed by atoms with Crippen LogP contribution in [0.2, 0.25) is 0 Å². The van der Waals surface area contributed by atoms with Crippen LogP contribution >= 0.6 is 35.3 Å². The third kappa shape index (κ3) is 7.27. The van der Waals surface area contributed by atoms with E-state index in [1.165, 1.54) is 0 Å². The summed E-state index contributed by atoms with van der Waals surface area (Å²) in [7, 11) is 0. The molecule has 2 N–H and O–H groups in total. The van der Waals surface area contributed by atoms with E-state index in [0.29, 0.717) is 18.3 Å². The molecule has 0 aromatic carbocycles. The molecule has 0 radical (unpaired) electrons. The number of rotatable bonds is 6. The van der Waals surface area contributed by atoms with Gasteiger partial charge < -0.3 is 15.2 Å². The SMILES string of the molecule is CCNC(=NCc1noc(C(C)(C)C)n1)NCCc1csc(C)n1.I. The maximum absolute atomic E-state index is 5.28. The molecule has 2 aromatic heterocycles. The topological polar surface area (TPSA) is 88.2 Å². The number of thiazole rings is 1. The molecule has 2 rings (SSSR count). The molecule has 140 valence electrons. The summed E-state index contributed by atoms with van der Waals surface area (Å²) in [4.78, 5) is 13.4. The van der Waals surface area contributed by atoms with E-state index in [9.17, 15) is 0 Å². The number of guanidine groups is 1. The van der Waals surface area contributed by atoms with Crippen molar-refractivity contribution in [2.45, 2.75) is 53.0 Å². The number of hydrogen-bond donors (Lipinski definition) is 2. The maximum atomic E-state index is 5.28. The number of halogens is 1. The Hall–Kier alpha value is -1.23. The van der Waals surface area contributed by atoms with Gasteiger partial charge in [0.25, 0.3) is 0 Å². The second kappa shape index (κ2) is 10.0. The van der Waals surface area contributed by atoms with E-state index in [4.69, 9.17) is 4.52 Å². The van der Waals surface area contributed by atoms with E-state index < -0.39 is 0 Å². The third-order valence-electron chi connectivity index (χ3n) is 3.17. The Kier molecular flexibility index (Phi) is 8.77. The first-order chi connectivity index (χ1) is 11.4. The van der Waals surface area contributed by atoms with Gasteiger partial charge in [-0.1, -0.05) is 25.9 Å². The molecule has 2 heterocycles. The van der Waals surface area contributed by atoms with Crippen molar-refractivity contribution in [1.82, 2.24) is 25.8 Å². The highest BCUT2D eigenvalue weighted by atomic mass is 127. The first-order valence-corrected chi connectivity index (χ1v) is 9.02. The monoisotopic (exact) mass is 478 g/mol. The molecule has 25 heavy (non-hydrogen) atoms. The molecule has 9 heteroatoms. The van der Waals surface area contributed by atoms with E-state index in [1.54, 1.807) is 11.3 Å². The van der Waals surface area contributed by atoms with Crippen LogP contribution in [0, 0.1) is 6.92 Å². The van der Waals surface area contributed by atoms with Gasteiger partial charge in [0.2, 0.25) is 5.89 Å². The lowest BCUT2D eigenvalue weighted by Gasteiger charge is -2.10. The molecule has 0 saturated carbocycles. The Labute approximate surface area is 170 Å². The first kappa shape index (κ1) is 21.8. The molecular formula is C16H27IN6OS. The van der Waals surface area contributed by atoms with Crippen molar-refractivity contribution >= 4 is 41.3 Å². The predicted molar refractivity (Wildman–Crippen MR) is 112 cm³/mol. The minimum Gasteiger partial charge on any atom is -0.357 e. The van der Waals surface area contributed by atoms with Gasteiger partial charge in [-0.2, -0.15) is 4.98 Å². The number of aromatic nitrogens is 3. The summed E-state index contributed by atoms with van der Waals surface area (Å²) in [6.45, 7) is 12.1. The van der Waals surface area contributed by atoms with Gasteiger partial charge in [-0.15, -0.1) is 35.3 Å². The Morgan fingerprint density at radius 1 is 1.28 bits per heavy atom. The minimum atomic E-state index is -0.149. The van der Waals surface area contributed by atoms with Gasteiger partial charge in [-0.25, -0.2) is 9.98 Å². The van der Waals surface area contributed by atoms with E-state index in [-0.39, 0.29) is 29.4 Å². The van der Waals surface area contributed by atoms with Gasteiger partial charge in [0.15, 0.2) is 11.8 Å². The molecule has 0 aliphatic rings. The first-order valence-electron chi connectivity index (χ1n) is 8.14. The molecule has 0 bridgehead atoms. The largest absolute Gasteiger partial charge is 0.357 e. The lowest BCUT2D eigenvalue weighted by Crippen LogP contribution is -2.38. The van der Waals surface area contributed by atoms with Gasteiger partial charge in [0.1, 0.15) is 6.54 Å². The van der Waals surface area contributed by atoms with E-state index in [0.717, 1.165) is 36.2 Å². The van der Waals surface area contributed by atoms with Crippen LogP contribution in [0.15, 0.2) is 14.9 Å². The van der Waals surface area contributed by atoms with Gasteiger partial charge in [0, 0.05) is 30.3 Å². The summed E-state index contributed by atoms with van der Waals surface area (Å²) in [5.41, 5.74) is 0.956. The Bertz CT molecular complexity index is 676. The summed E-state index contributed by atoms with van der Waals surface area (Å²) in [5.74, 6) is 1.96. The molecule has 0 fully saturated rings. The van der Waals surface area contributed by atoms with Crippen LogP contribution in [0.4, 0.5) is 0 Å². The van der Waals surface area contributed by atoms with Gasteiger partial charge in [-0.05, 0) is 13.8 Å². The number of nitrogens with one attached hydrogen (secondary N) is 2. The van der Waals surface area contributed by atoms with Crippen molar-refractivity contribution in [2.75, 3.05) is 13.1 Å². The Morgan fingerprint density at radius 3 is 2.60 bits per heavy atom. The smallest absolute Gasteiger partial charge is 0.232 e. The van der Waals surface area contributed by atoms with Crippen LogP contribution in [-0.2, 0) is 18.4 Å². The summed E-state index contributed by atoms with van der Waals surface area (Å²) in [5, 5.41) is 13.7. The zero-order valence-corrected chi connectivity index (χ0v) is 18.6. The molecule has 7 nitrogen and oxygen atoms in total. The fourth-order valence-electron chi connectivity index (χ4n) is 1.95. The van der Waals surface area contributed by atoms with Crippen LogP contribution in [0.5, 0.6) is 0 Å². The fraction of sp³-hybridized carbons (Fsp3) is 0.625. The molecule has 0 amide bonds. The highest BCUT2D eigenvalue weighted by Gasteiger charge is 2.21. The van der Waals surface area contributed by atoms with E-state index in [2.05, 4.69) is 36.1 Å². The quantitative estimate of drug-likeness (QED) is 0.377. The summed E-state index contributed by atoms with van der Waals surface area (Å²) in [6.07, 6.45) is 0.866. The van der Waals surface area contributed by atoms with Crippen LogP contribution in [0.25, 0.3) is 0 Å². The van der Waals surface area contributed by atoms with E-state index in [1.807, 2.05) is 34.6 Å². The van der Waals surface area contributed by atoms with Crippen LogP contribution in [0.1, 0.15) is 50.1 Å². The van der Waals surface area contributed by atoms with Gasteiger partial charge in [0.05, 0.1) is 10.7 Å². The summed E-state index contributed by atoms with van der Waals surface area (Å²) >= 11 is 1.67. The molecule has 0 atom stereocenters. The molecule has 0 saturated heterocycles. The summed E-state index contributed by atoms with van der Waals surface area (Å²) in [6, 6.07) is 0. The zero-order chi connectivity index (χ0) is 17.6. The number of hydrogen-bond acceptors (Lipinski definition) is 6. The molecule has 0 unspecified atom stereocenters. The molecule has 0 aliphatic heterocycles. The molecule has 0 aliphatic carbocycles. The van der Waals surface area contributed by atoms with Gasteiger partial charge >= 0.3 is 0 Å². The maximum Gasteiger partial charge on any atom is 0.232 e. The predicted octanol–water partition coefficient (Wildman–Crippen LogP) is 3.05. The highest BCUT2D eigenvalue weighted by molar-refractivity contribution is 14.0. The normalized spacial score (nSPS) is 12.0. The second-order valence-corrected chi connectivity index (χ2v) is 7.56. The fourth-order valence-corrected chi connectivity index (χ4v) is 2.59. The molecule has 2 aromatic rings. The van der Waals surface area contributed by atoms with E-state index >= 15 is 0 Å². The number of aryl methyl sites for hydroxylation is 1. The average molecular weight is 478 g/mol. The van der Waals surface area contributed by atoms with Crippen LogP contribution < -0.4 is 10.6 Å². The van der Waals surface area contributed by atoms with Crippen LogP contribution in [0.3, 0.4) is 0 Å². The van der Waals surface area contributed by atoms with Gasteiger partial charge in [-0.3, -0.25) is 0 Å². The standard InChI is InChI=1S/C16H26N6OS.HI/c1-6-17-15(18-8-7-12-10-24-11(2)20-12)19-9-13-21-14(23-22-13)16(3,4)5;/h10H,6-9H2,1-5H3,(H2,17,18,19);1H. The average Bonchev–Trinajstić information content (AvgIpc) is 3.13. The highest BCUT2D eigenvalue weighted by Crippen LogP contribution is 2.19. The second-order valence-electron chi connectivity index (χ2n) is 6.50. The van der Waals surface area contributed by atoms with Crippen molar-refractivity contribution in [1.29, 1.82) is 0 Å². The zero-order valence-electron chi connectivity index (χ0n) is 15.4. The summed E-state index contributed by atoms with van der Waals surface area (Å²) < 4.78 is 5.28. The van der Waals surface area contributed by atoms with Crippen molar-refractivity contribution in [2.24, 2.45) is 4.99 Å². The van der Waals surface area contributed by atoms with Crippen molar-refractivity contribution in [3.05, 3.63) is 27.8 Å². The van der Waals surface area contributed by atoms with Crippen molar-refractivity contribution in [3.63, 3.8) is 0 Å². The minimum absolute atomic E-state index is 0. The van der Waals surface area contributed by atoms with Crippen molar-refractivity contribution < 1.29 is 4.52 Å². The molecular weight excluding hydrogens is 451 g/mol. The lowest BCUT2D eigenvalue weighted by atomic mass is 9.97. The van der Waals surface area contributed by atoms with Crippen molar-refractivity contribution in [3.8, 4) is 0 Å². The third-order valence-corrected chi connectivity index (χ3v) is 3.99. The number of nitrogens with zero attached hydrogens (tertiary/aromatic N) is 4. The van der Waals surface area contributed by atoms with Crippen LogP contribution in [-0.4, -0.2) is 34.2 Å². The number of aliphatic imine (C=N–C) groups is 1. The Balaban J connectivity index is 0.00000312.